The van der Waals surface area contributed by atoms with Crippen molar-refractivity contribution in [1.82, 2.24) is 0 Å². The molecule has 3 N–H and O–H groups in total. The lowest BCUT2D eigenvalue weighted by atomic mass is 10.2. The first-order chi connectivity index (χ1) is 5.13. The van der Waals surface area contributed by atoms with Gasteiger partial charge in [0.1, 0.15) is 0 Å². The zero-order valence-corrected chi connectivity index (χ0v) is 6.21. The van der Waals surface area contributed by atoms with Crippen LogP contribution in [0.5, 0.6) is 0 Å². The Morgan fingerprint density at radius 1 is 1.82 bits per heavy atom. The van der Waals surface area contributed by atoms with E-state index in [1.54, 1.807) is 0 Å². The van der Waals surface area contributed by atoms with Crippen molar-refractivity contribution in [2.75, 3.05) is 0 Å². The Morgan fingerprint density at radius 3 is 2.91 bits per heavy atom. The molecule has 0 saturated heterocycles. The van der Waals surface area contributed by atoms with E-state index < -0.39 is 12.1 Å². The van der Waals surface area contributed by atoms with Gasteiger partial charge in [0, 0.05) is 0 Å². The van der Waals surface area contributed by atoms with Gasteiger partial charge in [-0.15, -0.1) is 0 Å². The van der Waals surface area contributed by atoms with Gasteiger partial charge < -0.3 is 15.6 Å². The van der Waals surface area contributed by atoms with E-state index in [1.165, 1.54) is 12.3 Å². The summed E-state index contributed by atoms with van der Waals surface area (Å²) in [4.78, 5) is 10.4. The van der Waals surface area contributed by atoms with Gasteiger partial charge in [-0.2, -0.15) is 0 Å². The van der Waals surface area contributed by atoms with Gasteiger partial charge in [-0.1, -0.05) is 11.6 Å². The lowest BCUT2D eigenvalue weighted by molar-refractivity contribution is -0.144. The number of halogens is 1. The second-order valence-electron chi connectivity index (χ2n) is 1.96. The number of aliphatic carboxylic acids is 1. The zero-order chi connectivity index (χ0) is 8.43. The molecule has 0 bridgehead atoms. The summed E-state index contributed by atoms with van der Waals surface area (Å²) in [7, 11) is 0. The van der Waals surface area contributed by atoms with Gasteiger partial charge in [0.15, 0.2) is 0 Å². The van der Waals surface area contributed by atoms with E-state index in [1.807, 2.05) is 0 Å². The van der Waals surface area contributed by atoms with Crippen molar-refractivity contribution < 1.29 is 14.6 Å². The van der Waals surface area contributed by atoms with Gasteiger partial charge in [0.2, 0.25) is 6.10 Å². The maximum Gasteiger partial charge on any atom is 0.350 e. The van der Waals surface area contributed by atoms with Crippen molar-refractivity contribution in [3.05, 3.63) is 23.1 Å². The summed E-state index contributed by atoms with van der Waals surface area (Å²) in [6, 6.07) is 0. The Kier molecular flexibility index (Phi) is 2.05. The number of hydrogen-bond donors (Lipinski definition) is 2. The van der Waals surface area contributed by atoms with E-state index in [0.29, 0.717) is 0 Å². The van der Waals surface area contributed by atoms with Crippen LogP contribution in [0.1, 0.15) is 0 Å². The predicted octanol–water partition coefficient (Wildman–Crippen LogP) is 0.393. The first kappa shape index (κ1) is 7.94. The Bertz CT molecular complexity index is 246. The van der Waals surface area contributed by atoms with Crippen molar-refractivity contribution >= 4 is 17.6 Å². The average Bonchev–Trinajstić information content (AvgIpc) is 1.94. The molecule has 0 saturated carbocycles. The molecule has 1 unspecified atom stereocenters. The van der Waals surface area contributed by atoms with E-state index in [-0.39, 0.29) is 10.7 Å². The molecule has 11 heavy (non-hydrogen) atoms. The third-order valence-corrected chi connectivity index (χ3v) is 1.61. The third kappa shape index (κ3) is 1.46. The molecule has 60 valence electrons. The van der Waals surface area contributed by atoms with Crippen LogP contribution in [0, 0.1) is 0 Å². The number of carboxylic acid groups (broad SMARTS) is 1. The topological polar surface area (TPSA) is 72.6 Å². The average molecular weight is 176 g/mol. The summed E-state index contributed by atoms with van der Waals surface area (Å²) in [6.07, 6.45) is 1.46. The number of carbonyl (C=O) groups is 1. The molecular formula is C6H6ClNO3. The lowest BCUT2D eigenvalue weighted by Crippen LogP contribution is -2.26. The van der Waals surface area contributed by atoms with Crippen LogP contribution in [0.2, 0.25) is 0 Å². The summed E-state index contributed by atoms with van der Waals surface area (Å²) in [6.45, 7) is 0. The van der Waals surface area contributed by atoms with Crippen molar-refractivity contribution in [2.24, 2.45) is 5.73 Å². The first-order valence-corrected chi connectivity index (χ1v) is 3.20. The predicted molar refractivity (Wildman–Crippen MR) is 38.7 cm³/mol. The summed E-state index contributed by atoms with van der Waals surface area (Å²) in [5.41, 5.74) is 5.55. The number of carboxylic acids is 1. The van der Waals surface area contributed by atoms with Gasteiger partial charge >= 0.3 is 5.97 Å². The first-order valence-electron chi connectivity index (χ1n) is 2.83. The molecular weight excluding hydrogens is 170 g/mol. The van der Waals surface area contributed by atoms with E-state index in [0.717, 1.165) is 0 Å². The minimum absolute atomic E-state index is 0.0139. The van der Waals surface area contributed by atoms with E-state index in [2.05, 4.69) is 4.74 Å². The van der Waals surface area contributed by atoms with Crippen LogP contribution in [0.3, 0.4) is 0 Å². The molecule has 0 aromatic carbocycles. The molecule has 1 aliphatic rings. The normalized spacial score (nSPS) is 23.2. The highest BCUT2D eigenvalue weighted by Crippen LogP contribution is 2.19. The number of hydrogen-bond acceptors (Lipinski definition) is 3. The molecule has 0 radical (unpaired) electrons. The van der Waals surface area contributed by atoms with Crippen molar-refractivity contribution in [1.29, 1.82) is 0 Å². The molecule has 0 aromatic rings. The fourth-order valence-corrected chi connectivity index (χ4v) is 0.856. The van der Waals surface area contributed by atoms with Gasteiger partial charge in [-0.3, -0.25) is 0 Å². The number of ether oxygens (including phenoxy) is 1. The van der Waals surface area contributed by atoms with E-state index in [9.17, 15) is 4.79 Å². The van der Waals surface area contributed by atoms with Crippen molar-refractivity contribution in [3.63, 3.8) is 0 Å². The van der Waals surface area contributed by atoms with Crippen LogP contribution >= 0.6 is 11.6 Å². The summed E-state index contributed by atoms with van der Waals surface area (Å²) < 4.78 is 4.67. The minimum Gasteiger partial charge on any atom is -0.480 e. The SMILES string of the molecule is NC1=C(Cl)C(C(=O)O)OC=C1. The molecule has 0 spiro atoms. The molecule has 1 atom stereocenters. The maximum absolute atomic E-state index is 10.4. The van der Waals surface area contributed by atoms with Crippen LogP contribution in [0.4, 0.5) is 0 Å². The molecule has 0 amide bonds. The summed E-state index contributed by atoms with van der Waals surface area (Å²) >= 11 is 5.53. The maximum atomic E-state index is 10.4. The standard InChI is InChI=1S/C6H6ClNO3/c7-4-3(8)1-2-11-5(4)6(9)10/h1-2,5H,8H2,(H,9,10). The van der Waals surface area contributed by atoms with Gasteiger partial charge in [0.25, 0.3) is 0 Å². The third-order valence-electron chi connectivity index (χ3n) is 1.19. The van der Waals surface area contributed by atoms with E-state index >= 15 is 0 Å². The number of nitrogens with two attached hydrogens (primary N) is 1. The largest absolute Gasteiger partial charge is 0.480 e. The highest BCUT2D eigenvalue weighted by Gasteiger charge is 2.25. The van der Waals surface area contributed by atoms with Crippen LogP contribution in [0.15, 0.2) is 23.1 Å². The van der Waals surface area contributed by atoms with Crippen molar-refractivity contribution in [3.8, 4) is 0 Å². The Hall–Kier alpha value is -1.16. The van der Waals surface area contributed by atoms with E-state index in [4.69, 9.17) is 22.4 Å². The minimum atomic E-state index is -1.15. The van der Waals surface area contributed by atoms with Crippen LogP contribution < -0.4 is 5.73 Å². The lowest BCUT2D eigenvalue weighted by Gasteiger charge is -2.15. The highest BCUT2D eigenvalue weighted by molar-refractivity contribution is 6.32. The fourth-order valence-electron chi connectivity index (χ4n) is 0.648. The molecule has 1 heterocycles. The zero-order valence-electron chi connectivity index (χ0n) is 5.45. The smallest absolute Gasteiger partial charge is 0.350 e. The summed E-state index contributed by atoms with van der Waals surface area (Å²) in [5, 5.41) is 8.51. The highest BCUT2D eigenvalue weighted by atomic mass is 35.5. The summed E-state index contributed by atoms with van der Waals surface area (Å²) in [5.74, 6) is -1.15. The van der Waals surface area contributed by atoms with Crippen molar-refractivity contribution in [2.45, 2.75) is 6.10 Å². The monoisotopic (exact) mass is 175 g/mol. The number of rotatable bonds is 1. The van der Waals surface area contributed by atoms with Gasteiger partial charge in [-0.25, -0.2) is 4.79 Å². The Labute approximate surface area is 67.9 Å². The van der Waals surface area contributed by atoms with Crippen LogP contribution in [0.25, 0.3) is 0 Å². The Morgan fingerprint density at radius 2 is 2.45 bits per heavy atom. The molecule has 0 fully saturated rings. The molecule has 1 aliphatic heterocycles. The molecule has 1 rings (SSSR count). The fraction of sp³-hybridized carbons (Fsp3) is 0.167. The molecule has 4 nitrogen and oxygen atoms in total. The molecule has 5 heteroatoms. The molecule has 0 aliphatic carbocycles. The van der Waals surface area contributed by atoms with Crippen LogP contribution in [-0.2, 0) is 9.53 Å². The second-order valence-corrected chi connectivity index (χ2v) is 2.37. The Balaban J connectivity index is 2.89. The van der Waals surface area contributed by atoms with Crippen LogP contribution in [-0.4, -0.2) is 17.2 Å². The van der Waals surface area contributed by atoms with Gasteiger partial charge in [-0.05, 0) is 6.08 Å². The number of allylic oxidation sites excluding steroid dienone is 1. The second kappa shape index (κ2) is 2.84. The van der Waals surface area contributed by atoms with Gasteiger partial charge in [0.05, 0.1) is 17.0 Å². The quantitative estimate of drug-likeness (QED) is 0.605. The molecule has 0 aromatic heterocycles.